The predicted octanol–water partition coefficient (Wildman–Crippen LogP) is 4.46. The van der Waals surface area contributed by atoms with Gasteiger partial charge in [0.1, 0.15) is 5.75 Å². The fraction of sp³-hybridized carbons (Fsp3) is 0.391. The number of aromatic nitrogens is 1. The number of hydrogen-bond donors (Lipinski definition) is 0. The van der Waals surface area contributed by atoms with Gasteiger partial charge in [0.05, 0.1) is 22.2 Å². The Hall–Kier alpha value is -2.31. The van der Waals surface area contributed by atoms with Crippen LogP contribution in [0.1, 0.15) is 38.7 Å². The zero-order valence-corrected chi connectivity index (χ0v) is 17.9. The topological polar surface area (TPSA) is 51.5 Å². The molecule has 0 aliphatic carbocycles. The van der Waals surface area contributed by atoms with Gasteiger partial charge in [-0.3, -0.25) is 0 Å². The number of likely N-dealkylation sites (N-methyl/N-ethyl adjacent to an activating group) is 1. The molecule has 0 amide bonds. The summed E-state index contributed by atoms with van der Waals surface area (Å²) in [6.07, 6.45) is 1.11. The maximum Gasteiger partial charge on any atom is 0.269 e. The third-order valence-corrected chi connectivity index (χ3v) is 7.87. The molecule has 0 spiro atoms. The van der Waals surface area contributed by atoms with Crippen LogP contribution in [0.15, 0.2) is 47.4 Å². The van der Waals surface area contributed by atoms with E-state index in [0.29, 0.717) is 10.8 Å². The van der Waals surface area contributed by atoms with Crippen LogP contribution < -0.4 is 4.74 Å². The number of likely N-dealkylation sites (tertiary alicyclic amines) is 1. The Balaban J connectivity index is 1.82. The van der Waals surface area contributed by atoms with E-state index in [2.05, 4.69) is 11.8 Å². The zero-order valence-electron chi connectivity index (χ0n) is 17.1. The van der Waals surface area contributed by atoms with E-state index in [1.807, 2.05) is 44.2 Å². The molecule has 0 N–H and O–H groups in total. The number of nitrogens with zero attached hydrogens (tertiary/aromatic N) is 2. The first-order valence-electron chi connectivity index (χ1n) is 10.3. The highest BCUT2D eigenvalue weighted by molar-refractivity contribution is 7.90. The monoisotopic (exact) mass is 410 g/mol. The standard InChI is InChI=1S/C23H26N2O3S/c1-4-24-12-11-16(14-24)22-19-13-17(28-15(2)3)9-10-20(19)25-23(22)18-7-5-6-8-21(18)29(25,26)27/h5-10,13,15-16H,4,11-12,14H2,1-3H3/t16-/m1/s1. The smallest absolute Gasteiger partial charge is 0.269 e. The molecule has 3 aromatic rings. The minimum absolute atomic E-state index is 0.0666. The van der Waals surface area contributed by atoms with E-state index in [9.17, 15) is 8.42 Å². The molecular weight excluding hydrogens is 384 g/mol. The lowest BCUT2D eigenvalue weighted by Crippen LogP contribution is -2.19. The van der Waals surface area contributed by atoms with E-state index < -0.39 is 10.0 Å². The van der Waals surface area contributed by atoms with Gasteiger partial charge in [-0.1, -0.05) is 25.1 Å². The fourth-order valence-electron chi connectivity index (χ4n) is 4.87. The molecule has 1 aromatic heterocycles. The summed E-state index contributed by atoms with van der Waals surface area (Å²) in [7, 11) is -3.59. The second kappa shape index (κ2) is 6.61. The Bertz CT molecular complexity index is 1210. The highest BCUT2D eigenvalue weighted by atomic mass is 32.2. The molecule has 5 nitrogen and oxygen atoms in total. The lowest BCUT2D eigenvalue weighted by atomic mass is 9.92. The lowest BCUT2D eigenvalue weighted by Gasteiger charge is -2.15. The zero-order chi connectivity index (χ0) is 20.3. The van der Waals surface area contributed by atoms with Gasteiger partial charge in [-0.2, -0.15) is 0 Å². The Labute approximate surface area is 171 Å². The maximum atomic E-state index is 13.4. The molecular formula is C23H26N2O3S. The molecule has 0 unspecified atom stereocenters. The quantitative estimate of drug-likeness (QED) is 0.499. The summed E-state index contributed by atoms with van der Waals surface area (Å²) in [6, 6.07) is 13.2. The van der Waals surface area contributed by atoms with E-state index >= 15 is 0 Å². The predicted molar refractivity (Wildman–Crippen MR) is 115 cm³/mol. The number of ether oxygens (including phenoxy) is 1. The summed E-state index contributed by atoms with van der Waals surface area (Å²) < 4.78 is 34.3. The number of fused-ring (bicyclic) bond motifs is 5. The van der Waals surface area contributed by atoms with E-state index in [1.165, 1.54) is 0 Å². The fourth-order valence-corrected chi connectivity index (χ4v) is 6.61. The SMILES string of the molecule is CCN1CC[C@@H](c2c3n(c4ccc(OC(C)C)cc24)S(=O)(=O)c2ccccc2-3)C1. The highest BCUT2D eigenvalue weighted by Gasteiger charge is 2.40. The first kappa shape index (κ1) is 18.7. The van der Waals surface area contributed by atoms with Crippen LogP contribution in [-0.2, 0) is 10.0 Å². The molecule has 6 heteroatoms. The molecule has 2 aliphatic rings. The minimum atomic E-state index is -3.59. The van der Waals surface area contributed by atoms with E-state index in [-0.39, 0.29) is 6.10 Å². The molecule has 1 saturated heterocycles. The Morgan fingerprint density at radius 3 is 2.69 bits per heavy atom. The average molecular weight is 411 g/mol. The Kier molecular flexibility index (Phi) is 4.26. The molecule has 1 fully saturated rings. The molecule has 1 atom stereocenters. The first-order valence-corrected chi connectivity index (χ1v) is 11.8. The largest absolute Gasteiger partial charge is 0.491 e. The third-order valence-electron chi connectivity index (χ3n) is 6.10. The van der Waals surface area contributed by atoms with Crippen molar-refractivity contribution in [3.05, 3.63) is 48.0 Å². The van der Waals surface area contributed by atoms with Crippen LogP contribution in [0, 0.1) is 0 Å². The van der Waals surface area contributed by atoms with E-state index in [4.69, 9.17) is 4.74 Å². The normalized spacial score (nSPS) is 20.3. The molecule has 0 radical (unpaired) electrons. The number of hydrogen-bond acceptors (Lipinski definition) is 4. The van der Waals surface area contributed by atoms with Gasteiger partial charge in [0.15, 0.2) is 0 Å². The lowest BCUT2D eigenvalue weighted by molar-refractivity contribution is 0.243. The Morgan fingerprint density at radius 2 is 1.97 bits per heavy atom. The van der Waals surface area contributed by atoms with Crippen LogP contribution in [0.5, 0.6) is 5.75 Å². The second-order valence-corrected chi connectivity index (χ2v) is 10.0. The molecule has 2 aromatic carbocycles. The average Bonchev–Trinajstić information content (AvgIpc) is 3.34. The van der Waals surface area contributed by atoms with Crippen molar-refractivity contribution in [2.45, 2.75) is 44.1 Å². The molecule has 5 rings (SSSR count). The summed E-state index contributed by atoms with van der Waals surface area (Å²) in [5, 5.41) is 0.999. The van der Waals surface area contributed by atoms with Gasteiger partial charge < -0.3 is 9.64 Å². The van der Waals surface area contributed by atoms with Crippen molar-refractivity contribution in [3.8, 4) is 17.0 Å². The second-order valence-electron chi connectivity index (χ2n) is 8.25. The van der Waals surface area contributed by atoms with Crippen LogP contribution in [-0.4, -0.2) is 43.0 Å². The van der Waals surface area contributed by atoms with E-state index in [1.54, 1.807) is 16.1 Å². The summed E-state index contributed by atoms with van der Waals surface area (Å²) in [6.45, 7) is 9.20. The van der Waals surface area contributed by atoms with Crippen molar-refractivity contribution in [2.75, 3.05) is 19.6 Å². The summed E-state index contributed by atoms with van der Waals surface area (Å²) in [5.41, 5.74) is 3.57. The molecule has 3 heterocycles. The molecule has 2 aliphatic heterocycles. The van der Waals surface area contributed by atoms with Crippen molar-refractivity contribution in [2.24, 2.45) is 0 Å². The number of rotatable bonds is 4. The van der Waals surface area contributed by atoms with Crippen molar-refractivity contribution >= 4 is 20.9 Å². The van der Waals surface area contributed by atoms with Crippen LogP contribution in [0.3, 0.4) is 0 Å². The van der Waals surface area contributed by atoms with Crippen LogP contribution in [0.2, 0.25) is 0 Å². The maximum absolute atomic E-state index is 13.4. The van der Waals surface area contributed by atoms with Crippen LogP contribution in [0.25, 0.3) is 22.2 Å². The molecule has 152 valence electrons. The molecule has 29 heavy (non-hydrogen) atoms. The van der Waals surface area contributed by atoms with Crippen molar-refractivity contribution in [1.82, 2.24) is 8.87 Å². The molecule has 0 bridgehead atoms. The van der Waals surface area contributed by atoms with Gasteiger partial charge in [0.25, 0.3) is 10.0 Å². The summed E-state index contributed by atoms with van der Waals surface area (Å²) in [5.74, 6) is 1.10. The van der Waals surface area contributed by atoms with Gasteiger partial charge >= 0.3 is 0 Å². The van der Waals surface area contributed by atoms with Crippen LogP contribution in [0.4, 0.5) is 0 Å². The summed E-state index contributed by atoms with van der Waals surface area (Å²) in [4.78, 5) is 2.84. The molecule has 0 saturated carbocycles. The number of benzene rings is 2. The highest BCUT2D eigenvalue weighted by Crippen LogP contribution is 2.49. The minimum Gasteiger partial charge on any atom is -0.491 e. The summed E-state index contributed by atoms with van der Waals surface area (Å²) >= 11 is 0. The van der Waals surface area contributed by atoms with Crippen molar-refractivity contribution in [3.63, 3.8) is 0 Å². The van der Waals surface area contributed by atoms with Gasteiger partial charge in [0.2, 0.25) is 0 Å². The van der Waals surface area contributed by atoms with Crippen LogP contribution >= 0.6 is 0 Å². The van der Waals surface area contributed by atoms with E-state index in [0.717, 1.165) is 59.5 Å². The first-order chi connectivity index (χ1) is 13.9. The van der Waals surface area contributed by atoms with Gasteiger partial charge in [-0.15, -0.1) is 0 Å². The van der Waals surface area contributed by atoms with Crippen molar-refractivity contribution < 1.29 is 13.2 Å². The van der Waals surface area contributed by atoms with Gasteiger partial charge in [-0.25, -0.2) is 12.4 Å². The van der Waals surface area contributed by atoms with Gasteiger partial charge in [0, 0.05) is 23.4 Å². The van der Waals surface area contributed by atoms with Gasteiger partial charge in [-0.05, 0) is 63.2 Å². The third kappa shape index (κ3) is 2.73. The van der Waals surface area contributed by atoms with Crippen molar-refractivity contribution in [1.29, 1.82) is 0 Å². The Morgan fingerprint density at radius 1 is 1.17 bits per heavy atom.